The van der Waals surface area contributed by atoms with E-state index >= 15 is 0 Å². The van der Waals surface area contributed by atoms with Gasteiger partial charge in [-0.25, -0.2) is 0 Å². The Bertz CT molecular complexity index is 302. The minimum absolute atomic E-state index is 0.0935. The zero-order valence-electron chi connectivity index (χ0n) is 6.72. The molecule has 0 amide bonds. The highest BCUT2D eigenvalue weighted by molar-refractivity contribution is 6.42. The van der Waals surface area contributed by atoms with Gasteiger partial charge in [0.1, 0.15) is 5.75 Å². The van der Waals surface area contributed by atoms with Gasteiger partial charge >= 0.3 is 0 Å². The predicted octanol–water partition coefficient (Wildman–Crippen LogP) is 1.82. The van der Waals surface area contributed by atoms with Crippen LogP contribution in [0.2, 0.25) is 10.0 Å². The van der Waals surface area contributed by atoms with Gasteiger partial charge in [0.15, 0.2) is 0 Å². The zero-order valence-corrected chi connectivity index (χ0v) is 8.23. The van der Waals surface area contributed by atoms with E-state index in [0.29, 0.717) is 5.56 Å². The van der Waals surface area contributed by atoms with E-state index in [0.717, 1.165) is 0 Å². The molecule has 0 radical (unpaired) electrons. The first-order chi connectivity index (χ1) is 6.07. The molecule has 13 heavy (non-hydrogen) atoms. The Morgan fingerprint density at radius 2 is 2.00 bits per heavy atom. The summed E-state index contributed by atoms with van der Waals surface area (Å²) in [4.78, 5) is 0. The lowest BCUT2D eigenvalue weighted by Crippen LogP contribution is -1.99. The van der Waals surface area contributed by atoms with Crippen molar-refractivity contribution in [2.45, 2.75) is 6.42 Å². The molecule has 0 spiro atoms. The predicted molar refractivity (Wildman–Crippen MR) is 53.3 cm³/mol. The quantitative estimate of drug-likeness (QED) is 0.528. The Labute approximate surface area is 85.7 Å². The zero-order chi connectivity index (χ0) is 10.0. The van der Waals surface area contributed by atoms with E-state index in [1.165, 1.54) is 6.07 Å². The van der Waals surface area contributed by atoms with E-state index in [4.69, 9.17) is 34.0 Å². The summed E-state index contributed by atoms with van der Waals surface area (Å²) in [6.07, 6.45) is 0.277. The van der Waals surface area contributed by atoms with Gasteiger partial charge in [-0.2, -0.15) is 0 Å². The summed E-state index contributed by atoms with van der Waals surface area (Å²) in [5.74, 6) is -0.113. The Kier molecular flexibility index (Phi) is 3.25. The third-order valence-electron chi connectivity index (χ3n) is 1.70. The van der Waals surface area contributed by atoms with E-state index in [2.05, 4.69) is 0 Å². The monoisotopic (exact) mass is 221 g/mol. The van der Waals surface area contributed by atoms with Crippen molar-refractivity contribution >= 4 is 28.9 Å². The molecule has 0 aliphatic carbocycles. The summed E-state index contributed by atoms with van der Waals surface area (Å²) >= 11 is 11.5. The fourth-order valence-electron chi connectivity index (χ4n) is 1.03. The molecule has 0 aliphatic heterocycles. The number of phenolic OH excluding ortho intramolecular Hbond substituents is 1. The molecular formula is C8H9Cl2NO2. The van der Waals surface area contributed by atoms with Crippen molar-refractivity contribution in [3.8, 4) is 5.75 Å². The molecule has 0 unspecified atom stereocenters. The Morgan fingerprint density at radius 1 is 1.38 bits per heavy atom. The maximum atomic E-state index is 9.28. The molecule has 1 aromatic carbocycles. The molecule has 0 aliphatic rings. The van der Waals surface area contributed by atoms with Crippen molar-refractivity contribution in [2.24, 2.45) is 0 Å². The van der Waals surface area contributed by atoms with Gasteiger partial charge in [0.2, 0.25) is 0 Å². The smallest absolute Gasteiger partial charge is 0.140 e. The first-order valence-electron chi connectivity index (χ1n) is 3.64. The van der Waals surface area contributed by atoms with Crippen molar-refractivity contribution in [1.29, 1.82) is 0 Å². The van der Waals surface area contributed by atoms with Crippen LogP contribution in [-0.4, -0.2) is 16.8 Å². The molecule has 1 rings (SSSR count). The topological polar surface area (TPSA) is 66.5 Å². The number of anilines is 1. The number of aliphatic hydroxyl groups is 1. The minimum Gasteiger partial charge on any atom is -0.506 e. The molecule has 0 aromatic heterocycles. The van der Waals surface area contributed by atoms with E-state index in [1.54, 1.807) is 0 Å². The molecule has 4 N–H and O–H groups in total. The standard InChI is InChI=1S/C8H9Cl2NO2/c9-5-3-6(13)8(11)4(1-2-12)7(5)10/h3,12-13H,1-2,11H2. The van der Waals surface area contributed by atoms with Crippen LogP contribution in [0.3, 0.4) is 0 Å². The summed E-state index contributed by atoms with van der Waals surface area (Å²) in [6, 6.07) is 1.28. The largest absolute Gasteiger partial charge is 0.506 e. The number of hydrogen-bond acceptors (Lipinski definition) is 3. The second-order valence-corrected chi connectivity index (χ2v) is 3.34. The average Bonchev–Trinajstić information content (AvgIpc) is 2.09. The van der Waals surface area contributed by atoms with Gasteiger partial charge in [-0.1, -0.05) is 23.2 Å². The van der Waals surface area contributed by atoms with Crippen molar-refractivity contribution in [3.63, 3.8) is 0 Å². The first kappa shape index (κ1) is 10.4. The molecule has 0 heterocycles. The fraction of sp³-hybridized carbons (Fsp3) is 0.250. The van der Waals surface area contributed by atoms with Crippen LogP contribution in [0.1, 0.15) is 5.56 Å². The highest BCUT2D eigenvalue weighted by Gasteiger charge is 2.12. The summed E-state index contributed by atoms with van der Waals surface area (Å²) in [6.45, 7) is -0.0935. The molecular weight excluding hydrogens is 213 g/mol. The highest BCUT2D eigenvalue weighted by atomic mass is 35.5. The van der Waals surface area contributed by atoms with Gasteiger partial charge in [-0.05, 0) is 6.42 Å². The van der Waals surface area contributed by atoms with Crippen LogP contribution >= 0.6 is 23.2 Å². The Balaban J connectivity index is 3.28. The summed E-state index contributed by atoms with van der Waals surface area (Å²) in [5.41, 5.74) is 6.18. The Hall–Kier alpha value is -0.640. The number of aliphatic hydroxyl groups excluding tert-OH is 1. The van der Waals surface area contributed by atoms with Gasteiger partial charge in [-0.15, -0.1) is 0 Å². The molecule has 5 heteroatoms. The van der Waals surface area contributed by atoms with Gasteiger partial charge in [-0.3, -0.25) is 0 Å². The molecule has 0 atom stereocenters. The van der Waals surface area contributed by atoms with Gasteiger partial charge in [0.05, 0.1) is 15.7 Å². The van der Waals surface area contributed by atoms with Crippen LogP contribution in [0.15, 0.2) is 6.07 Å². The summed E-state index contributed by atoms with van der Waals surface area (Å²) in [7, 11) is 0. The lowest BCUT2D eigenvalue weighted by atomic mass is 10.1. The van der Waals surface area contributed by atoms with Crippen LogP contribution in [0.5, 0.6) is 5.75 Å². The van der Waals surface area contributed by atoms with Crippen LogP contribution < -0.4 is 5.73 Å². The SMILES string of the molecule is Nc1c(O)cc(Cl)c(Cl)c1CCO. The maximum Gasteiger partial charge on any atom is 0.140 e. The van der Waals surface area contributed by atoms with Crippen LogP contribution in [0, 0.1) is 0 Å². The molecule has 3 nitrogen and oxygen atoms in total. The van der Waals surface area contributed by atoms with E-state index in [-0.39, 0.29) is 34.5 Å². The first-order valence-corrected chi connectivity index (χ1v) is 4.39. The normalized spacial score (nSPS) is 10.4. The third kappa shape index (κ3) is 1.99. The molecule has 0 fully saturated rings. The maximum absolute atomic E-state index is 9.28. The molecule has 0 bridgehead atoms. The second-order valence-electron chi connectivity index (χ2n) is 2.56. The van der Waals surface area contributed by atoms with Crippen molar-refractivity contribution in [2.75, 3.05) is 12.3 Å². The van der Waals surface area contributed by atoms with Crippen LogP contribution in [0.25, 0.3) is 0 Å². The number of hydrogen-bond donors (Lipinski definition) is 3. The number of halogens is 2. The number of benzene rings is 1. The second kappa shape index (κ2) is 4.05. The molecule has 0 saturated carbocycles. The van der Waals surface area contributed by atoms with Gasteiger partial charge in [0, 0.05) is 18.2 Å². The van der Waals surface area contributed by atoms with Gasteiger partial charge < -0.3 is 15.9 Å². The van der Waals surface area contributed by atoms with Crippen molar-refractivity contribution in [1.82, 2.24) is 0 Å². The number of nitrogens with two attached hydrogens (primary N) is 1. The average molecular weight is 222 g/mol. The van der Waals surface area contributed by atoms with E-state index in [9.17, 15) is 5.11 Å². The fourth-order valence-corrected chi connectivity index (χ4v) is 1.50. The Morgan fingerprint density at radius 3 is 2.54 bits per heavy atom. The van der Waals surface area contributed by atoms with E-state index in [1.807, 2.05) is 0 Å². The molecule has 1 aromatic rings. The third-order valence-corrected chi connectivity index (χ3v) is 2.53. The summed E-state index contributed by atoms with van der Waals surface area (Å²) < 4.78 is 0. The molecule has 0 saturated heterocycles. The van der Waals surface area contributed by atoms with E-state index < -0.39 is 0 Å². The van der Waals surface area contributed by atoms with Crippen LogP contribution in [0.4, 0.5) is 5.69 Å². The highest BCUT2D eigenvalue weighted by Crippen LogP contribution is 2.36. The van der Waals surface area contributed by atoms with Gasteiger partial charge in [0.25, 0.3) is 0 Å². The lowest BCUT2D eigenvalue weighted by molar-refractivity contribution is 0.299. The van der Waals surface area contributed by atoms with Crippen molar-refractivity contribution < 1.29 is 10.2 Å². The number of nitrogen functional groups attached to an aromatic ring is 1. The van der Waals surface area contributed by atoms with Crippen molar-refractivity contribution in [3.05, 3.63) is 21.7 Å². The number of phenols is 1. The summed E-state index contributed by atoms with van der Waals surface area (Å²) in [5, 5.41) is 18.5. The number of aromatic hydroxyl groups is 1. The van der Waals surface area contributed by atoms with Crippen LogP contribution in [-0.2, 0) is 6.42 Å². The lowest BCUT2D eigenvalue weighted by Gasteiger charge is -2.09. The minimum atomic E-state index is -0.113. The molecule has 72 valence electrons. The number of rotatable bonds is 2.